The predicted octanol–water partition coefficient (Wildman–Crippen LogP) is 5.67. The molecule has 1 unspecified atom stereocenters. The summed E-state index contributed by atoms with van der Waals surface area (Å²) < 4.78 is 5.19. The number of esters is 1. The molecule has 28 heavy (non-hydrogen) atoms. The summed E-state index contributed by atoms with van der Waals surface area (Å²) in [6, 6.07) is 26.4. The Labute approximate surface area is 167 Å². The molecule has 0 saturated carbocycles. The van der Waals surface area contributed by atoms with Gasteiger partial charge in [0.25, 0.3) is 0 Å². The van der Waals surface area contributed by atoms with E-state index in [-0.39, 0.29) is 19.2 Å². The summed E-state index contributed by atoms with van der Waals surface area (Å²) in [5.74, 6) is -0.300. The van der Waals surface area contributed by atoms with Crippen LogP contribution in [0, 0.1) is 0 Å². The van der Waals surface area contributed by atoms with E-state index in [1.54, 1.807) is 0 Å². The average molecular weight is 393 g/mol. The van der Waals surface area contributed by atoms with E-state index in [4.69, 9.17) is 4.74 Å². The van der Waals surface area contributed by atoms with Crippen LogP contribution in [-0.2, 0) is 22.7 Å². The zero-order valence-electron chi connectivity index (χ0n) is 15.9. The Morgan fingerprint density at radius 2 is 1.50 bits per heavy atom. The van der Waals surface area contributed by atoms with Crippen molar-refractivity contribution in [1.29, 1.82) is 0 Å². The number of ether oxygens (including phenoxy) is 1. The van der Waals surface area contributed by atoms with Gasteiger partial charge in [0.15, 0.2) is 0 Å². The minimum atomic E-state index is -1.75. The fraction of sp³-hybridized carbons (Fsp3) is 0.125. The van der Waals surface area contributed by atoms with Crippen molar-refractivity contribution in [2.75, 3.05) is 0 Å². The standard InChI is InChI=1S/C24H24O3S/c1-3-28(22-11-5-4-6-12-22,23-13-7-9-20(15-23)17-25)24-14-8-10-21(16-24)18-27-19(2)26/h3-16,25H,1,17-18H2,2H3. The van der Waals surface area contributed by atoms with Crippen LogP contribution in [0.25, 0.3) is 0 Å². The minimum absolute atomic E-state index is 0.0121. The highest BCUT2D eigenvalue weighted by Crippen LogP contribution is 2.69. The van der Waals surface area contributed by atoms with Crippen LogP contribution in [0.3, 0.4) is 0 Å². The van der Waals surface area contributed by atoms with Gasteiger partial charge in [0.2, 0.25) is 0 Å². The monoisotopic (exact) mass is 392 g/mol. The number of carbonyl (C=O) groups excluding carboxylic acids is 1. The van der Waals surface area contributed by atoms with Gasteiger partial charge in [-0.1, -0.05) is 49.0 Å². The number of carbonyl (C=O) groups is 1. The van der Waals surface area contributed by atoms with Gasteiger partial charge in [0.1, 0.15) is 6.61 Å². The van der Waals surface area contributed by atoms with Crippen molar-refractivity contribution < 1.29 is 14.6 Å². The van der Waals surface area contributed by atoms with E-state index >= 15 is 0 Å². The molecule has 0 bridgehead atoms. The Bertz CT molecular complexity index is 968. The van der Waals surface area contributed by atoms with E-state index in [9.17, 15) is 9.90 Å². The van der Waals surface area contributed by atoms with Gasteiger partial charge >= 0.3 is 5.97 Å². The molecule has 0 spiro atoms. The van der Waals surface area contributed by atoms with Gasteiger partial charge in [-0.15, -0.1) is 10.0 Å². The Kier molecular flexibility index (Phi) is 6.34. The largest absolute Gasteiger partial charge is 0.461 e. The molecule has 1 atom stereocenters. The topological polar surface area (TPSA) is 46.5 Å². The van der Waals surface area contributed by atoms with Gasteiger partial charge in [0, 0.05) is 21.6 Å². The van der Waals surface area contributed by atoms with Crippen molar-refractivity contribution in [2.24, 2.45) is 0 Å². The highest BCUT2D eigenvalue weighted by molar-refractivity contribution is 8.36. The molecule has 3 nitrogen and oxygen atoms in total. The summed E-state index contributed by atoms with van der Waals surface area (Å²) in [5, 5.41) is 11.7. The maximum atomic E-state index is 11.2. The van der Waals surface area contributed by atoms with Crippen LogP contribution in [0.1, 0.15) is 18.1 Å². The quantitative estimate of drug-likeness (QED) is 0.527. The Morgan fingerprint density at radius 3 is 2.07 bits per heavy atom. The summed E-state index contributed by atoms with van der Waals surface area (Å²) in [6.45, 7) is 5.85. The van der Waals surface area contributed by atoms with Gasteiger partial charge in [0.05, 0.1) is 6.61 Å². The van der Waals surface area contributed by atoms with E-state index in [0.717, 1.165) is 25.8 Å². The molecule has 0 radical (unpaired) electrons. The van der Waals surface area contributed by atoms with Crippen LogP contribution >= 0.6 is 10.0 Å². The lowest BCUT2D eigenvalue weighted by Crippen LogP contribution is -2.03. The normalized spacial score (nSPS) is 13.9. The maximum Gasteiger partial charge on any atom is 0.302 e. The molecule has 3 aromatic carbocycles. The molecule has 1 N–H and O–H groups in total. The van der Waals surface area contributed by atoms with Gasteiger partial charge in [-0.25, -0.2) is 0 Å². The second-order valence-electron chi connectivity index (χ2n) is 6.37. The molecule has 0 fully saturated rings. The van der Waals surface area contributed by atoms with Crippen LogP contribution in [0.5, 0.6) is 0 Å². The first-order valence-corrected chi connectivity index (χ1v) is 10.7. The predicted molar refractivity (Wildman–Crippen MR) is 113 cm³/mol. The summed E-state index contributed by atoms with van der Waals surface area (Å²) >= 11 is 0. The first-order valence-electron chi connectivity index (χ1n) is 9.03. The molecule has 0 amide bonds. The van der Waals surface area contributed by atoms with Gasteiger partial charge in [-0.3, -0.25) is 4.79 Å². The Hall–Kier alpha value is -2.82. The Balaban J connectivity index is 2.21. The van der Waals surface area contributed by atoms with Crippen LogP contribution in [0.2, 0.25) is 0 Å². The molecule has 0 saturated heterocycles. The molecule has 0 aliphatic rings. The van der Waals surface area contributed by atoms with Crippen LogP contribution in [-0.4, -0.2) is 11.1 Å². The van der Waals surface area contributed by atoms with Crippen LogP contribution in [0.15, 0.2) is 106 Å². The highest BCUT2D eigenvalue weighted by atomic mass is 32.3. The van der Waals surface area contributed by atoms with Crippen molar-refractivity contribution in [3.8, 4) is 0 Å². The average Bonchev–Trinajstić information content (AvgIpc) is 2.74. The lowest BCUT2D eigenvalue weighted by molar-refractivity contribution is -0.142. The molecular formula is C24H24O3S. The van der Waals surface area contributed by atoms with Crippen molar-refractivity contribution in [2.45, 2.75) is 34.8 Å². The van der Waals surface area contributed by atoms with Gasteiger partial charge < -0.3 is 9.84 Å². The summed E-state index contributed by atoms with van der Waals surface area (Å²) in [5.41, 5.74) is 1.80. The zero-order chi connectivity index (χ0) is 20.0. The third-order valence-corrected chi connectivity index (χ3v) is 8.04. The van der Waals surface area contributed by atoms with Crippen molar-refractivity contribution >= 4 is 16.0 Å². The van der Waals surface area contributed by atoms with Gasteiger partial charge in [-0.05, 0) is 52.9 Å². The molecule has 0 aliphatic heterocycles. The fourth-order valence-electron chi connectivity index (χ4n) is 3.20. The first-order chi connectivity index (χ1) is 13.6. The molecule has 0 heterocycles. The van der Waals surface area contributed by atoms with E-state index in [1.807, 2.05) is 53.9 Å². The minimum Gasteiger partial charge on any atom is -0.461 e. The second kappa shape index (κ2) is 8.91. The molecule has 4 heteroatoms. The third kappa shape index (κ3) is 4.03. The van der Waals surface area contributed by atoms with Crippen LogP contribution in [0.4, 0.5) is 0 Å². The lowest BCUT2D eigenvalue weighted by atomic mass is 10.2. The SMILES string of the molecule is C=CS(c1ccccc1)(c1cccc(CO)c1)c1cccc(COC(C)=O)c1. The highest BCUT2D eigenvalue weighted by Gasteiger charge is 2.28. The summed E-state index contributed by atoms with van der Waals surface area (Å²) in [6.07, 6.45) is 0. The number of aliphatic hydroxyl groups is 1. The lowest BCUT2D eigenvalue weighted by Gasteiger charge is -2.38. The van der Waals surface area contributed by atoms with Crippen molar-refractivity contribution in [3.05, 3.63) is 102 Å². The van der Waals surface area contributed by atoms with Crippen molar-refractivity contribution in [3.63, 3.8) is 0 Å². The first kappa shape index (κ1) is 19.9. The van der Waals surface area contributed by atoms with Gasteiger partial charge in [-0.2, -0.15) is 0 Å². The molecule has 144 valence electrons. The number of rotatable bonds is 7. The molecule has 0 aromatic heterocycles. The second-order valence-corrected chi connectivity index (χ2v) is 9.44. The van der Waals surface area contributed by atoms with E-state index in [1.165, 1.54) is 6.92 Å². The number of aliphatic hydroxyl groups excluding tert-OH is 1. The Morgan fingerprint density at radius 1 is 0.929 bits per heavy atom. The fourth-order valence-corrected chi connectivity index (χ4v) is 6.44. The van der Waals surface area contributed by atoms with E-state index in [2.05, 4.69) is 36.9 Å². The van der Waals surface area contributed by atoms with Crippen LogP contribution < -0.4 is 0 Å². The molecule has 3 rings (SSSR count). The summed E-state index contributed by atoms with van der Waals surface area (Å²) in [7, 11) is -1.75. The van der Waals surface area contributed by atoms with E-state index in [0.29, 0.717) is 0 Å². The zero-order valence-corrected chi connectivity index (χ0v) is 16.7. The van der Waals surface area contributed by atoms with E-state index < -0.39 is 10.0 Å². The molecule has 3 aromatic rings. The molecule has 0 aliphatic carbocycles. The van der Waals surface area contributed by atoms with Crippen molar-refractivity contribution in [1.82, 2.24) is 0 Å². The number of benzene rings is 3. The third-order valence-electron chi connectivity index (χ3n) is 4.53. The smallest absolute Gasteiger partial charge is 0.302 e. The molecular weight excluding hydrogens is 368 g/mol. The maximum absolute atomic E-state index is 11.2. The number of hydrogen-bond donors (Lipinski definition) is 1. The summed E-state index contributed by atoms with van der Waals surface area (Å²) in [4.78, 5) is 14.6. The number of hydrogen-bond acceptors (Lipinski definition) is 3.